The van der Waals surface area contributed by atoms with E-state index in [1.165, 1.54) is 19.2 Å². The summed E-state index contributed by atoms with van der Waals surface area (Å²) in [6.07, 6.45) is 3.21. The van der Waals surface area contributed by atoms with Crippen LogP contribution in [0.15, 0.2) is 40.8 Å². The molecule has 0 aliphatic heterocycles. The van der Waals surface area contributed by atoms with Gasteiger partial charge < -0.3 is 29.6 Å². The van der Waals surface area contributed by atoms with E-state index in [2.05, 4.69) is 0 Å². The van der Waals surface area contributed by atoms with Crippen molar-refractivity contribution in [2.24, 2.45) is 0 Å². The van der Waals surface area contributed by atoms with Crippen LogP contribution in [0.3, 0.4) is 0 Å². The first kappa shape index (κ1) is 16.9. The minimum absolute atomic E-state index is 0.00724. The highest BCUT2D eigenvalue weighted by molar-refractivity contribution is 5.93. The number of hydrogen-bond donors (Lipinski definition) is 4. The maximum absolute atomic E-state index is 10.2. The predicted molar refractivity (Wildman–Crippen MR) is 93.6 cm³/mol. The number of fused-ring (bicyclic) bond motifs is 1. The standard InChI is InChI=1S/C19H18O6/c1-24-17-9-12(4-5-15(17)22)18-14(10-21)13-7-11(3-2-6-20)8-16(23)19(13)25-18/h2-5,7-9,20-23H,6,10H2,1H3. The summed E-state index contributed by atoms with van der Waals surface area (Å²) in [5.41, 5.74) is 2.04. The monoisotopic (exact) mass is 342 g/mol. The first-order chi connectivity index (χ1) is 12.1. The van der Waals surface area contributed by atoms with Gasteiger partial charge >= 0.3 is 0 Å². The lowest BCUT2D eigenvalue weighted by molar-refractivity contribution is 0.282. The minimum Gasteiger partial charge on any atom is -0.504 e. The summed E-state index contributed by atoms with van der Waals surface area (Å²) in [6.45, 7) is -0.409. The van der Waals surface area contributed by atoms with E-state index in [1.807, 2.05) is 0 Å². The second-order valence-corrected chi connectivity index (χ2v) is 5.46. The number of rotatable bonds is 5. The molecule has 4 N–H and O–H groups in total. The molecule has 6 heteroatoms. The van der Waals surface area contributed by atoms with Gasteiger partial charge in [0.05, 0.1) is 20.3 Å². The Kier molecular flexibility index (Phi) is 4.65. The number of phenols is 2. The number of ether oxygens (including phenoxy) is 1. The molecule has 0 saturated carbocycles. The molecule has 0 saturated heterocycles. The van der Waals surface area contributed by atoms with Gasteiger partial charge in [-0.1, -0.05) is 12.2 Å². The van der Waals surface area contributed by atoms with Gasteiger partial charge in [-0.15, -0.1) is 0 Å². The van der Waals surface area contributed by atoms with Crippen molar-refractivity contribution in [2.75, 3.05) is 13.7 Å². The van der Waals surface area contributed by atoms with Crippen LogP contribution in [-0.4, -0.2) is 34.1 Å². The summed E-state index contributed by atoms with van der Waals surface area (Å²) in [5.74, 6) is 0.584. The lowest BCUT2D eigenvalue weighted by Crippen LogP contribution is -1.88. The number of aliphatic hydroxyl groups excluding tert-OH is 2. The number of aromatic hydroxyl groups is 2. The van der Waals surface area contributed by atoms with Crippen LogP contribution < -0.4 is 4.74 Å². The van der Waals surface area contributed by atoms with Crippen molar-refractivity contribution in [2.45, 2.75) is 6.61 Å². The fourth-order valence-corrected chi connectivity index (χ4v) is 2.75. The summed E-state index contributed by atoms with van der Waals surface area (Å²) >= 11 is 0. The van der Waals surface area contributed by atoms with E-state index in [4.69, 9.17) is 14.3 Å². The lowest BCUT2D eigenvalue weighted by Gasteiger charge is -2.06. The first-order valence-electron chi connectivity index (χ1n) is 7.63. The Labute approximate surface area is 143 Å². The number of benzene rings is 2. The zero-order chi connectivity index (χ0) is 18.0. The largest absolute Gasteiger partial charge is 0.504 e. The number of hydrogen-bond acceptors (Lipinski definition) is 6. The maximum atomic E-state index is 10.2. The van der Waals surface area contributed by atoms with Crippen LogP contribution in [-0.2, 0) is 6.61 Å². The lowest BCUT2D eigenvalue weighted by atomic mass is 10.0. The van der Waals surface area contributed by atoms with E-state index < -0.39 is 0 Å². The summed E-state index contributed by atoms with van der Waals surface area (Å²) in [5, 5.41) is 39.3. The highest BCUT2D eigenvalue weighted by Crippen LogP contribution is 2.40. The van der Waals surface area contributed by atoms with Gasteiger partial charge in [-0.2, -0.15) is 0 Å². The van der Waals surface area contributed by atoms with Gasteiger partial charge in [0.1, 0.15) is 5.76 Å². The molecule has 1 heterocycles. The number of phenolic OH excluding ortho intramolecular Hbond substituents is 2. The van der Waals surface area contributed by atoms with Crippen molar-refractivity contribution in [1.29, 1.82) is 0 Å². The van der Waals surface area contributed by atoms with E-state index >= 15 is 0 Å². The number of aliphatic hydroxyl groups is 2. The topological polar surface area (TPSA) is 103 Å². The second-order valence-electron chi connectivity index (χ2n) is 5.46. The fourth-order valence-electron chi connectivity index (χ4n) is 2.75. The maximum Gasteiger partial charge on any atom is 0.176 e. The van der Waals surface area contributed by atoms with Gasteiger partial charge in [-0.25, -0.2) is 0 Å². The van der Waals surface area contributed by atoms with E-state index in [0.29, 0.717) is 27.8 Å². The summed E-state index contributed by atoms with van der Waals surface area (Å²) in [7, 11) is 1.44. The SMILES string of the molecule is COc1cc(-c2oc3c(O)cc(C=CCO)cc3c2CO)ccc1O. The molecule has 1 aromatic heterocycles. The van der Waals surface area contributed by atoms with Crippen LogP contribution in [0.4, 0.5) is 0 Å². The average Bonchev–Trinajstić information content (AvgIpc) is 2.99. The van der Waals surface area contributed by atoms with Crippen LogP contribution in [0.5, 0.6) is 17.2 Å². The van der Waals surface area contributed by atoms with Crippen molar-refractivity contribution < 1.29 is 29.6 Å². The Bertz CT molecular complexity index is 939. The minimum atomic E-state index is -0.294. The fraction of sp³-hybridized carbons (Fsp3) is 0.158. The Morgan fingerprint density at radius 3 is 2.56 bits per heavy atom. The molecule has 0 radical (unpaired) electrons. The predicted octanol–water partition coefficient (Wildman–Crippen LogP) is 3.02. The third-order valence-electron chi connectivity index (χ3n) is 3.91. The van der Waals surface area contributed by atoms with Gasteiger partial charge in [-0.3, -0.25) is 0 Å². The molecule has 0 spiro atoms. The third-order valence-corrected chi connectivity index (χ3v) is 3.91. The Morgan fingerprint density at radius 1 is 1.08 bits per heavy atom. The molecule has 25 heavy (non-hydrogen) atoms. The molecule has 0 fully saturated rings. The Morgan fingerprint density at radius 2 is 1.88 bits per heavy atom. The van der Waals surface area contributed by atoms with Crippen LogP contribution in [0, 0.1) is 0 Å². The number of methoxy groups -OCH3 is 1. The zero-order valence-electron chi connectivity index (χ0n) is 13.6. The molecule has 0 atom stereocenters. The molecular formula is C19H18O6. The van der Waals surface area contributed by atoms with Crippen LogP contribution in [0.1, 0.15) is 11.1 Å². The molecule has 0 unspecified atom stereocenters. The van der Waals surface area contributed by atoms with Crippen molar-refractivity contribution in [1.82, 2.24) is 0 Å². The van der Waals surface area contributed by atoms with Crippen molar-refractivity contribution in [3.8, 4) is 28.6 Å². The number of furan rings is 1. The molecule has 3 rings (SSSR count). The van der Waals surface area contributed by atoms with Crippen LogP contribution in [0.25, 0.3) is 28.4 Å². The van der Waals surface area contributed by atoms with Gasteiger partial charge in [0.15, 0.2) is 22.8 Å². The third kappa shape index (κ3) is 3.05. The average molecular weight is 342 g/mol. The normalized spacial score (nSPS) is 11.5. The van der Waals surface area contributed by atoms with Gasteiger partial charge in [0.25, 0.3) is 0 Å². The Balaban J connectivity index is 2.22. The van der Waals surface area contributed by atoms with Crippen molar-refractivity contribution >= 4 is 17.0 Å². The molecule has 6 nitrogen and oxygen atoms in total. The van der Waals surface area contributed by atoms with Gasteiger partial charge in [0, 0.05) is 16.5 Å². The second kappa shape index (κ2) is 6.88. The highest BCUT2D eigenvalue weighted by Gasteiger charge is 2.19. The van der Waals surface area contributed by atoms with E-state index in [0.717, 1.165) is 0 Å². The molecule has 2 aromatic carbocycles. The zero-order valence-corrected chi connectivity index (χ0v) is 13.6. The highest BCUT2D eigenvalue weighted by atomic mass is 16.5. The smallest absolute Gasteiger partial charge is 0.176 e. The van der Waals surface area contributed by atoms with Crippen LogP contribution >= 0.6 is 0 Å². The molecule has 0 aliphatic carbocycles. The van der Waals surface area contributed by atoms with E-state index in [1.54, 1.807) is 30.4 Å². The van der Waals surface area contributed by atoms with Gasteiger partial charge in [0.2, 0.25) is 0 Å². The summed E-state index contributed by atoms with van der Waals surface area (Å²) in [6, 6.07) is 7.98. The molecule has 3 aromatic rings. The van der Waals surface area contributed by atoms with Gasteiger partial charge in [-0.05, 0) is 35.9 Å². The van der Waals surface area contributed by atoms with Crippen LogP contribution in [0.2, 0.25) is 0 Å². The molecule has 130 valence electrons. The summed E-state index contributed by atoms with van der Waals surface area (Å²) in [4.78, 5) is 0. The molecule has 0 aliphatic rings. The molecule has 0 amide bonds. The van der Waals surface area contributed by atoms with Crippen molar-refractivity contribution in [3.63, 3.8) is 0 Å². The first-order valence-corrected chi connectivity index (χ1v) is 7.63. The quantitative estimate of drug-likeness (QED) is 0.568. The van der Waals surface area contributed by atoms with E-state index in [9.17, 15) is 15.3 Å². The van der Waals surface area contributed by atoms with E-state index in [-0.39, 0.29) is 36.0 Å². The van der Waals surface area contributed by atoms with Crippen molar-refractivity contribution in [3.05, 3.63) is 47.5 Å². The summed E-state index contributed by atoms with van der Waals surface area (Å²) < 4.78 is 10.9. The molecule has 0 bridgehead atoms. The molecular weight excluding hydrogens is 324 g/mol. The Hall–Kier alpha value is -2.96.